The summed E-state index contributed by atoms with van der Waals surface area (Å²) >= 11 is 0. The molecule has 0 unspecified atom stereocenters. The van der Waals surface area contributed by atoms with E-state index in [-0.39, 0.29) is 23.8 Å². The molecule has 1 saturated carbocycles. The summed E-state index contributed by atoms with van der Waals surface area (Å²) in [4.78, 5) is 38.7. The number of carbonyl (C=O) groups excluding carboxylic acids is 3. The first-order valence-electron chi connectivity index (χ1n) is 10.7. The smallest absolute Gasteiger partial charge is 0.325 e. The maximum Gasteiger partial charge on any atom is 0.325 e. The predicted octanol–water partition coefficient (Wildman–Crippen LogP) is 3.02. The molecule has 30 heavy (non-hydrogen) atoms. The monoisotopic (exact) mass is 415 g/mol. The molecular formula is C23H33N3O4. The molecule has 3 rings (SSSR count). The molecule has 1 aromatic rings. The minimum Gasteiger partial charge on any atom is -0.491 e. The van der Waals surface area contributed by atoms with Crippen LogP contribution in [0, 0.1) is 18.3 Å². The Morgan fingerprint density at radius 1 is 1.23 bits per heavy atom. The Balaban J connectivity index is 1.47. The van der Waals surface area contributed by atoms with Crippen LogP contribution in [0.15, 0.2) is 24.3 Å². The average molecular weight is 416 g/mol. The first-order valence-corrected chi connectivity index (χ1v) is 10.7. The van der Waals surface area contributed by atoms with E-state index in [4.69, 9.17) is 4.74 Å². The van der Waals surface area contributed by atoms with Gasteiger partial charge in [0, 0.05) is 0 Å². The first kappa shape index (κ1) is 22.1. The molecule has 0 atom stereocenters. The van der Waals surface area contributed by atoms with E-state index in [0.717, 1.165) is 29.1 Å². The maximum atomic E-state index is 13.0. The first-order chi connectivity index (χ1) is 14.1. The summed E-state index contributed by atoms with van der Waals surface area (Å²) in [6.07, 6.45) is 3.04. The fraction of sp³-hybridized carbons (Fsp3) is 0.609. The molecule has 1 aliphatic carbocycles. The Kier molecular flexibility index (Phi) is 6.38. The van der Waals surface area contributed by atoms with Crippen molar-refractivity contribution in [3.63, 3.8) is 0 Å². The largest absolute Gasteiger partial charge is 0.491 e. The fourth-order valence-electron chi connectivity index (χ4n) is 4.40. The number of imide groups is 1. The number of benzene rings is 1. The molecule has 164 valence electrons. The summed E-state index contributed by atoms with van der Waals surface area (Å²) in [6.45, 7) is 8.94. The summed E-state index contributed by atoms with van der Waals surface area (Å²) in [5.41, 5.74) is 0.370. The van der Waals surface area contributed by atoms with E-state index in [2.05, 4.69) is 31.4 Å². The van der Waals surface area contributed by atoms with Crippen molar-refractivity contribution in [2.75, 3.05) is 19.7 Å². The quantitative estimate of drug-likeness (QED) is 0.552. The van der Waals surface area contributed by atoms with E-state index in [0.29, 0.717) is 31.9 Å². The molecule has 1 aliphatic heterocycles. The maximum absolute atomic E-state index is 13.0. The van der Waals surface area contributed by atoms with Gasteiger partial charge in [0.15, 0.2) is 0 Å². The standard InChI is InChI=1S/C23H33N3O4/c1-16-7-5-6-8-18(16)30-14-13-24-19(27)15-26-20(28)23(25-21(26)29)11-9-17(10-12-23)22(2,3)4/h5-8,17H,9-15H2,1-4H3,(H,24,27)(H,25,29). The van der Waals surface area contributed by atoms with Gasteiger partial charge in [0.2, 0.25) is 5.91 Å². The number of urea groups is 1. The molecule has 1 saturated heterocycles. The minimum absolute atomic E-state index is 0.188. The van der Waals surface area contributed by atoms with Crippen LogP contribution in [0.1, 0.15) is 52.0 Å². The second kappa shape index (κ2) is 8.66. The fourth-order valence-corrected chi connectivity index (χ4v) is 4.40. The lowest BCUT2D eigenvalue weighted by Gasteiger charge is -2.40. The normalized spacial score (nSPS) is 24.1. The summed E-state index contributed by atoms with van der Waals surface area (Å²) < 4.78 is 5.65. The van der Waals surface area contributed by atoms with Crippen molar-refractivity contribution in [1.82, 2.24) is 15.5 Å². The van der Waals surface area contributed by atoms with Crippen LogP contribution in [0.25, 0.3) is 0 Å². The number of hydrogen-bond acceptors (Lipinski definition) is 4. The van der Waals surface area contributed by atoms with Crippen molar-refractivity contribution in [1.29, 1.82) is 0 Å². The lowest BCUT2D eigenvalue weighted by atomic mass is 9.67. The van der Waals surface area contributed by atoms with E-state index < -0.39 is 11.6 Å². The van der Waals surface area contributed by atoms with Crippen LogP contribution >= 0.6 is 0 Å². The summed E-state index contributed by atoms with van der Waals surface area (Å²) in [5.74, 6) is 0.658. The van der Waals surface area contributed by atoms with Gasteiger partial charge in [-0.05, 0) is 55.6 Å². The van der Waals surface area contributed by atoms with Crippen LogP contribution in [0.4, 0.5) is 4.79 Å². The third-order valence-electron chi connectivity index (χ3n) is 6.39. The van der Waals surface area contributed by atoms with Gasteiger partial charge in [-0.3, -0.25) is 14.5 Å². The Morgan fingerprint density at radius 2 is 1.90 bits per heavy atom. The van der Waals surface area contributed by atoms with Crippen LogP contribution < -0.4 is 15.4 Å². The van der Waals surface area contributed by atoms with Gasteiger partial charge in [-0.1, -0.05) is 39.0 Å². The molecule has 2 aliphatic rings. The number of carbonyl (C=O) groups is 3. The van der Waals surface area contributed by atoms with Crippen molar-refractivity contribution in [2.45, 2.75) is 58.9 Å². The highest BCUT2D eigenvalue weighted by atomic mass is 16.5. The highest BCUT2D eigenvalue weighted by molar-refractivity contribution is 6.09. The summed E-state index contributed by atoms with van der Waals surface area (Å²) in [5, 5.41) is 5.60. The van der Waals surface area contributed by atoms with Gasteiger partial charge >= 0.3 is 6.03 Å². The number of ether oxygens (including phenoxy) is 1. The zero-order valence-corrected chi connectivity index (χ0v) is 18.4. The lowest BCUT2D eigenvalue weighted by Crippen LogP contribution is -2.51. The molecule has 2 fully saturated rings. The van der Waals surface area contributed by atoms with Gasteiger partial charge in [0.05, 0.1) is 6.54 Å². The number of nitrogens with one attached hydrogen (secondary N) is 2. The Hall–Kier alpha value is -2.57. The second-order valence-electron chi connectivity index (χ2n) is 9.51. The number of amides is 4. The molecule has 0 bridgehead atoms. The zero-order valence-electron chi connectivity index (χ0n) is 18.4. The average Bonchev–Trinajstić information content (AvgIpc) is 2.90. The van der Waals surface area contributed by atoms with Gasteiger partial charge in [-0.15, -0.1) is 0 Å². The molecule has 7 nitrogen and oxygen atoms in total. The molecule has 1 heterocycles. The van der Waals surface area contributed by atoms with E-state index in [1.807, 2.05) is 31.2 Å². The van der Waals surface area contributed by atoms with E-state index in [9.17, 15) is 14.4 Å². The molecule has 2 N–H and O–H groups in total. The second-order valence-corrected chi connectivity index (χ2v) is 9.51. The Labute approximate surface area is 178 Å². The highest BCUT2D eigenvalue weighted by Gasteiger charge is 2.53. The minimum atomic E-state index is -0.840. The molecule has 1 aromatic carbocycles. The molecule has 4 amide bonds. The number of rotatable bonds is 6. The third-order valence-corrected chi connectivity index (χ3v) is 6.39. The summed E-state index contributed by atoms with van der Waals surface area (Å²) in [6, 6.07) is 7.18. The van der Waals surface area contributed by atoms with Crippen LogP contribution in [-0.4, -0.2) is 48.0 Å². The zero-order chi connectivity index (χ0) is 21.9. The number of aryl methyl sites for hydroxylation is 1. The van der Waals surface area contributed by atoms with Crippen LogP contribution in [0.2, 0.25) is 0 Å². The lowest BCUT2D eigenvalue weighted by molar-refractivity contribution is -0.136. The van der Waals surface area contributed by atoms with Crippen molar-refractivity contribution in [2.24, 2.45) is 11.3 Å². The van der Waals surface area contributed by atoms with Gasteiger partial charge in [0.25, 0.3) is 5.91 Å². The van der Waals surface area contributed by atoms with Gasteiger partial charge < -0.3 is 15.4 Å². The van der Waals surface area contributed by atoms with Crippen molar-refractivity contribution in [3.8, 4) is 5.75 Å². The van der Waals surface area contributed by atoms with E-state index in [1.165, 1.54) is 0 Å². The Morgan fingerprint density at radius 3 is 2.53 bits per heavy atom. The number of nitrogens with zero attached hydrogens (tertiary/aromatic N) is 1. The molecule has 0 aromatic heterocycles. The van der Waals surface area contributed by atoms with E-state index >= 15 is 0 Å². The molecular weight excluding hydrogens is 382 g/mol. The summed E-state index contributed by atoms with van der Waals surface area (Å²) in [7, 11) is 0. The predicted molar refractivity (Wildman–Crippen MR) is 114 cm³/mol. The van der Waals surface area contributed by atoms with E-state index in [1.54, 1.807) is 0 Å². The number of para-hydroxylation sites is 1. The van der Waals surface area contributed by atoms with Crippen LogP contribution in [-0.2, 0) is 9.59 Å². The molecule has 1 spiro atoms. The molecule has 0 radical (unpaired) electrons. The van der Waals surface area contributed by atoms with Crippen molar-refractivity contribution in [3.05, 3.63) is 29.8 Å². The topological polar surface area (TPSA) is 87.7 Å². The number of hydrogen-bond donors (Lipinski definition) is 2. The van der Waals surface area contributed by atoms with Gasteiger partial charge in [-0.25, -0.2) is 4.79 Å². The SMILES string of the molecule is Cc1ccccc1OCCNC(=O)CN1C(=O)NC2(CCC(C(C)(C)C)CC2)C1=O. The third kappa shape index (κ3) is 4.77. The van der Waals surface area contributed by atoms with Gasteiger partial charge in [-0.2, -0.15) is 0 Å². The molecule has 7 heteroatoms. The van der Waals surface area contributed by atoms with Gasteiger partial charge in [0.1, 0.15) is 24.4 Å². The van der Waals surface area contributed by atoms with Crippen molar-refractivity contribution < 1.29 is 19.1 Å². The highest BCUT2D eigenvalue weighted by Crippen LogP contribution is 2.43. The van der Waals surface area contributed by atoms with Crippen LogP contribution in [0.5, 0.6) is 5.75 Å². The Bertz CT molecular complexity index is 807. The van der Waals surface area contributed by atoms with Crippen LogP contribution in [0.3, 0.4) is 0 Å². The van der Waals surface area contributed by atoms with Crippen molar-refractivity contribution >= 4 is 17.8 Å².